The van der Waals surface area contributed by atoms with Crippen molar-refractivity contribution in [2.45, 2.75) is 38.4 Å². The molecule has 1 N–H and O–H groups in total. The van der Waals surface area contributed by atoms with Gasteiger partial charge in [0, 0.05) is 31.5 Å². The largest absolute Gasteiger partial charge is 0.351 e. The fourth-order valence-corrected chi connectivity index (χ4v) is 3.38. The Kier molecular flexibility index (Phi) is 8.57. The minimum atomic E-state index is -0.0489. The average molecular weight is 377 g/mol. The Morgan fingerprint density at radius 3 is 2.46 bits per heavy atom. The molecule has 0 saturated carbocycles. The summed E-state index contributed by atoms with van der Waals surface area (Å²) < 4.78 is 1.62. The van der Waals surface area contributed by atoms with Crippen LogP contribution in [0.1, 0.15) is 42.6 Å². The Bertz CT molecular complexity index is 667. The van der Waals surface area contributed by atoms with Gasteiger partial charge >= 0.3 is 0 Å². The van der Waals surface area contributed by atoms with E-state index in [2.05, 4.69) is 39.6 Å². The highest BCUT2D eigenvalue weighted by Gasteiger charge is 2.08. The molecule has 0 atom stereocenters. The van der Waals surface area contributed by atoms with Crippen molar-refractivity contribution in [2.75, 3.05) is 25.4 Å². The van der Waals surface area contributed by atoms with Crippen molar-refractivity contribution in [3.63, 3.8) is 0 Å². The van der Waals surface area contributed by atoms with Gasteiger partial charge in [-0.3, -0.25) is 9.69 Å². The van der Waals surface area contributed by atoms with Gasteiger partial charge in [0.15, 0.2) is 0 Å². The van der Waals surface area contributed by atoms with E-state index in [1.54, 1.807) is 11.7 Å². The van der Waals surface area contributed by atoms with Crippen LogP contribution in [0, 0.1) is 0 Å². The zero-order valence-electron chi connectivity index (χ0n) is 15.8. The summed E-state index contributed by atoms with van der Waals surface area (Å²) in [5.41, 5.74) is 1.94. The number of amides is 1. The lowest BCUT2D eigenvalue weighted by molar-refractivity contribution is 0.0956. The second kappa shape index (κ2) is 10.9. The molecule has 0 radical (unpaired) electrons. The summed E-state index contributed by atoms with van der Waals surface area (Å²) in [4.78, 5) is 14.7. The third-order valence-corrected chi connectivity index (χ3v) is 4.91. The number of carbonyl (C=O) groups excluding carboxylic acids is 1. The van der Waals surface area contributed by atoms with Crippen LogP contribution in [0.4, 0.5) is 0 Å². The molecule has 26 heavy (non-hydrogen) atoms. The number of carbonyl (C=O) groups is 1. The molecule has 0 saturated heterocycles. The molecule has 0 aliphatic carbocycles. The first kappa shape index (κ1) is 20.4. The van der Waals surface area contributed by atoms with E-state index in [4.69, 9.17) is 0 Å². The summed E-state index contributed by atoms with van der Waals surface area (Å²) in [5.74, 6) is 0.674. The third-order valence-electron chi connectivity index (χ3n) is 3.90. The lowest BCUT2D eigenvalue weighted by atomic mass is 10.1. The normalized spacial score (nSPS) is 11.1. The van der Waals surface area contributed by atoms with Crippen LogP contribution >= 0.6 is 11.8 Å². The number of aromatic nitrogens is 4. The van der Waals surface area contributed by atoms with Crippen LogP contribution in [0.15, 0.2) is 29.4 Å². The fourth-order valence-electron chi connectivity index (χ4n) is 2.67. The van der Waals surface area contributed by atoms with Gasteiger partial charge in [-0.1, -0.05) is 37.7 Å². The first-order chi connectivity index (χ1) is 12.6. The number of tetrazole rings is 1. The molecule has 0 unspecified atom stereocenters. The molecule has 1 amide bonds. The monoisotopic (exact) mass is 376 g/mol. The van der Waals surface area contributed by atoms with E-state index in [0.717, 1.165) is 43.4 Å². The van der Waals surface area contributed by atoms with Crippen molar-refractivity contribution in [3.05, 3.63) is 35.4 Å². The summed E-state index contributed by atoms with van der Waals surface area (Å²) in [6.07, 6.45) is 2.31. The van der Waals surface area contributed by atoms with Gasteiger partial charge < -0.3 is 5.32 Å². The smallest absolute Gasteiger partial charge is 0.251 e. The number of benzene rings is 1. The lowest BCUT2D eigenvalue weighted by Gasteiger charge is -2.21. The Hall–Kier alpha value is -1.93. The van der Waals surface area contributed by atoms with E-state index >= 15 is 0 Å². The molecule has 2 aromatic rings. The Morgan fingerprint density at radius 1 is 1.19 bits per heavy atom. The van der Waals surface area contributed by atoms with Crippen LogP contribution in [0.3, 0.4) is 0 Å². The molecule has 2 rings (SSSR count). The molecule has 0 fully saturated rings. The van der Waals surface area contributed by atoms with Crippen molar-refractivity contribution in [1.29, 1.82) is 0 Å². The molecule has 7 nitrogen and oxygen atoms in total. The number of nitrogens with one attached hydrogen (secondary N) is 1. The maximum atomic E-state index is 12.2. The molecule has 8 heteroatoms. The van der Waals surface area contributed by atoms with Gasteiger partial charge in [0.1, 0.15) is 0 Å². The van der Waals surface area contributed by atoms with Crippen LogP contribution in [0.5, 0.6) is 0 Å². The molecule has 1 heterocycles. The summed E-state index contributed by atoms with van der Waals surface area (Å²) in [5, 5.41) is 14.9. The highest BCUT2D eigenvalue weighted by molar-refractivity contribution is 7.99. The highest BCUT2D eigenvalue weighted by Crippen LogP contribution is 2.11. The Morgan fingerprint density at radius 2 is 1.88 bits per heavy atom. The first-order valence-corrected chi connectivity index (χ1v) is 10.1. The fraction of sp³-hybridized carbons (Fsp3) is 0.556. The van der Waals surface area contributed by atoms with Crippen molar-refractivity contribution in [1.82, 2.24) is 30.4 Å². The second-order valence-electron chi connectivity index (χ2n) is 6.16. The highest BCUT2D eigenvalue weighted by atomic mass is 32.2. The maximum Gasteiger partial charge on any atom is 0.251 e. The quantitative estimate of drug-likeness (QED) is 0.479. The van der Waals surface area contributed by atoms with Crippen molar-refractivity contribution in [2.24, 2.45) is 7.05 Å². The zero-order chi connectivity index (χ0) is 18.8. The van der Waals surface area contributed by atoms with E-state index in [1.165, 1.54) is 17.3 Å². The minimum Gasteiger partial charge on any atom is -0.351 e. The second-order valence-corrected chi connectivity index (χ2v) is 7.22. The topological polar surface area (TPSA) is 75.9 Å². The van der Waals surface area contributed by atoms with Crippen molar-refractivity contribution >= 4 is 17.7 Å². The number of hydrogen-bond donors (Lipinski definition) is 1. The first-order valence-electron chi connectivity index (χ1n) is 9.08. The molecular weight excluding hydrogens is 348 g/mol. The number of aryl methyl sites for hydroxylation is 1. The molecular formula is C18H28N6OS. The summed E-state index contributed by atoms with van der Waals surface area (Å²) in [6.45, 7) is 8.12. The number of thioether (sulfide) groups is 1. The maximum absolute atomic E-state index is 12.2. The van der Waals surface area contributed by atoms with Crippen LogP contribution in [-0.2, 0) is 13.6 Å². The predicted molar refractivity (Wildman–Crippen MR) is 104 cm³/mol. The molecule has 1 aromatic carbocycles. The summed E-state index contributed by atoms with van der Waals surface area (Å²) in [6, 6.07) is 7.90. The van der Waals surface area contributed by atoms with Crippen molar-refractivity contribution in [3.8, 4) is 0 Å². The predicted octanol–water partition coefficient (Wildman–Crippen LogP) is 2.35. The summed E-state index contributed by atoms with van der Waals surface area (Å²) >= 11 is 1.52. The number of rotatable bonds is 11. The van der Waals surface area contributed by atoms with Crippen LogP contribution in [0.2, 0.25) is 0 Å². The zero-order valence-corrected chi connectivity index (χ0v) is 16.6. The van der Waals surface area contributed by atoms with Gasteiger partial charge in [-0.2, -0.15) is 0 Å². The van der Waals surface area contributed by atoms with Crippen LogP contribution in [0.25, 0.3) is 0 Å². The van der Waals surface area contributed by atoms with Crippen molar-refractivity contribution < 1.29 is 4.79 Å². The lowest BCUT2D eigenvalue weighted by Crippen LogP contribution is -2.26. The molecule has 0 aliphatic heterocycles. The van der Waals surface area contributed by atoms with Gasteiger partial charge in [-0.05, 0) is 54.1 Å². The van der Waals surface area contributed by atoms with Gasteiger partial charge in [0.25, 0.3) is 5.91 Å². The summed E-state index contributed by atoms with van der Waals surface area (Å²) in [7, 11) is 1.80. The Balaban J connectivity index is 1.77. The van der Waals surface area contributed by atoms with Crippen LogP contribution in [-0.4, -0.2) is 56.4 Å². The number of hydrogen-bond acceptors (Lipinski definition) is 6. The molecule has 0 bridgehead atoms. The SMILES string of the molecule is CCCN(CCC)Cc1ccc(C(=O)NCCSc2nnnn2C)cc1. The average Bonchev–Trinajstić information content (AvgIpc) is 3.04. The van der Waals surface area contributed by atoms with E-state index < -0.39 is 0 Å². The number of nitrogens with zero attached hydrogens (tertiary/aromatic N) is 5. The van der Waals surface area contributed by atoms with Crippen LogP contribution < -0.4 is 5.32 Å². The van der Waals surface area contributed by atoms with E-state index in [9.17, 15) is 4.79 Å². The third kappa shape index (κ3) is 6.42. The Labute approximate surface area is 159 Å². The molecule has 142 valence electrons. The van der Waals surface area contributed by atoms with Gasteiger partial charge in [0.2, 0.25) is 5.16 Å². The van der Waals surface area contributed by atoms with E-state index in [0.29, 0.717) is 12.1 Å². The molecule has 0 aliphatic rings. The molecule has 0 spiro atoms. The van der Waals surface area contributed by atoms with E-state index in [-0.39, 0.29) is 5.91 Å². The van der Waals surface area contributed by atoms with Gasteiger partial charge in [-0.25, -0.2) is 4.68 Å². The minimum absolute atomic E-state index is 0.0489. The standard InChI is InChI=1S/C18H28N6OS/c1-4-11-24(12-5-2)14-15-6-8-16(9-7-15)17(25)19-10-13-26-18-20-21-22-23(18)3/h6-9H,4-5,10-14H2,1-3H3,(H,19,25). The van der Waals surface area contributed by atoms with Gasteiger partial charge in [-0.15, -0.1) is 5.10 Å². The van der Waals surface area contributed by atoms with Gasteiger partial charge in [0.05, 0.1) is 0 Å². The van der Waals surface area contributed by atoms with E-state index in [1.807, 2.05) is 24.3 Å². The molecule has 1 aromatic heterocycles.